The van der Waals surface area contributed by atoms with Crippen LogP contribution in [0.2, 0.25) is 0 Å². The molecule has 0 spiro atoms. The zero-order valence-corrected chi connectivity index (χ0v) is 14.4. The fourth-order valence-electron chi connectivity index (χ4n) is 2.93. The average Bonchev–Trinajstić information content (AvgIpc) is 2.56. The number of hydrogen-bond acceptors (Lipinski definition) is 4. The third kappa shape index (κ3) is 5.58. The minimum atomic E-state index is -3.59. The highest BCUT2D eigenvalue weighted by molar-refractivity contribution is 7.89. The van der Waals surface area contributed by atoms with E-state index in [9.17, 15) is 13.2 Å². The predicted octanol–water partition coefficient (Wildman–Crippen LogP) is 1.79. The first-order chi connectivity index (χ1) is 11.0. The first-order valence-corrected chi connectivity index (χ1v) is 9.61. The smallest absolute Gasteiger partial charge is 0.242 e. The monoisotopic (exact) mass is 339 g/mol. The Hall–Kier alpha value is -1.47. The number of carbonyl (C=O) groups excluding carboxylic acids is 1. The van der Waals surface area contributed by atoms with Crippen LogP contribution in [0.5, 0.6) is 0 Å². The predicted molar refractivity (Wildman–Crippen MR) is 88.3 cm³/mol. The van der Waals surface area contributed by atoms with Crippen LogP contribution in [0.15, 0.2) is 29.4 Å². The molecule has 0 unspecified atom stereocenters. The molecule has 1 aliphatic carbocycles. The van der Waals surface area contributed by atoms with E-state index in [4.69, 9.17) is 0 Å². The van der Waals surface area contributed by atoms with E-state index in [1.807, 2.05) is 0 Å². The van der Waals surface area contributed by atoms with Gasteiger partial charge in [0, 0.05) is 39.0 Å². The molecule has 0 radical (unpaired) electrons. The van der Waals surface area contributed by atoms with Crippen LogP contribution in [0.1, 0.15) is 38.5 Å². The Morgan fingerprint density at radius 3 is 2.74 bits per heavy atom. The molecule has 0 aromatic carbocycles. The van der Waals surface area contributed by atoms with Crippen molar-refractivity contribution in [3.63, 3.8) is 0 Å². The zero-order valence-electron chi connectivity index (χ0n) is 13.6. The fourth-order valence-corrected chi connectivity index (χ4v) is 3.93. The number of pyridine rings is 1. The number of rotatable bonds is 7. The second-order valence-corrected chi connectivity index (χ2v) is 7.88. The SMILES string of the molecule is CN(CC1CCCCC1)C(=O)CCNS(=O)(=O)c1cccnc1. The summed E-state index contributed by atoms with van der Waals surface area (Å²) in [7, 11) is -1.79. The highest BCUT2D eigenvalue weighted by Gasteiger charge is 2.19. The first-order valence-electron chi connectivity index (χ1n) is 8.13. The van der Waals surface area contributed by atoms with Crippen molar-refractivity contribution in [3.05, 3.63) is 24.5 Å². The molecule has 1 aromatic rings. The summed E-state index contributed by atoms with van der Waals surface area (Å²) >= 11 is 0. The van der Waals surface area contributed by atoms with Crippen molar-refractivity contribution < 1.29 is 13.2 Å². The first kappa shape index (κ1) is 17.9. The molecule has 7 heteroatoms. The topological polar surface area (TPSA) is 79.4 Å². The Bertz CT molecular complexity index is 598. The Morgan fingerprint density at radius 2 is 2.09 bits per heavy atom. The Balaban J connectivity index is 1.75. The molecule has 1 aromatic heterocycles. The quantitative estimate of drug-likeness (QED) is 0.821. The van der Waals surface area contributed by atoms with Gasteiger partial charge in [-0.05, 0) is 30.9 Å². The van der Waals surface area contributed by atoms with E-state index in [0.29, 0.717) is 5.92 Å². The summed E-state index contributed by atoms with van der Waals surface area (Å²) in [5, 5.41) is 0. The van der Waals surface area contributed by atoms with Crippen LogP contribution in [0, 0.1) is 5.92 Å². The van der Waals surface area contributed by atoms with E-state index in [-0.39, 0.29) is 23.8 Å². The number of sulfonamides is 1. The Labute approximate surface area is 138 Å². The lowest BCUT2D eigenvalue weighted by atomic mass is 9.89. The van der Waals surface area contributed by atoms with Gasteiger partial charge in [-0.15, -0.1) is 0 Å². The molecule has 0 bridgehead atoms. The molecule has 1 saturated carbocycles. The van der Waals surface area contributed by atoms with Crippen molar-refractivity contribution in [2.45, 2.75) is 43.4 Å². The van der Waals surface area contributed by atoms with Crippen molar-refractivity contribution in [2.75, 3.05) is 20.1 Å². The van der Waals surface area contributed by atoms with Crippen LogP contribution in [-0.4, -0.2) is 44.3 Å². The summed E-state index contributed by atoms with van der Waals surface area (Å²) in [6, 6.07) is 3.05. The highest BCUT2D eigenvalue weighted by Crippen LogP contribution is 2.24. The third-order valence-corrected chi connectivity index (χ3v) is 5.70. The molecule has 1 amide bonds. The summed E-state index contributed by atoms with van der Waals surface area (Å²) in [4.78, 5) is 17.8. The van der Waals surface area contributed by atoms with Crippen LogP contribution in [0.25, 0.3) is 0 Å². The Morgan fingerprint density at radius 1 is 1.35 bits per heavy atom. The number of nitrogens with zero attached hydrogens (tertiary/aromatic N) is 2. The lowest BCUT2D eigenvalue weighted by Crippen LogP contribution is -2.35. The molecule has 23 heavy (non-hydrogen) atoms. The van der Waals surface area contributed by atoms with Crippen LogP contribution >= 0.6 is 0 Å². The maximum Gasteiger partial charge on any atom is 0.242 e. The molecule has 0 aliphatic heterocycles. The maximum absolute atomic E-state index is 12.1. The van der Waals surface area contributed by atoms with Crippen LogP contribution < -0.4 is 4.72 Å². The van der Waals surface area contributed by atoms with Gasteiger partial charge in [0.2, 0.25) is 15.9 Å². The summed E-state index contributed by atoms with van der Waals surface area (Å²) in [6.45, 7) is 0.874. The average molecular weight is 339 g/mol. The maximum atomic E-state index is 12.1. The molecule has 128 valence electrons. The molecule has 0 saturated heterocycles. The lowest BCUT2D eigenvalue weighted by molar-refractivity contribution is -0.130. The molecule has 1 heterocycles. The van der Waals surface area contributed by atoms with Gasteiger partial charge in [0.25, 0.3) is 0 Å². The molecule has 0 atom stereocenters. The second kappa shape index (κ2) is 8.40. The molecular weight excluding hydrogens is 314 g/mol. The van der Waals surface area contributed by atoms with E-state index in [0.717, 1.165) is 6.54 Å². The third-order valence-electron chi connectivity index (χ3n) is 4.26. The second-order valence-electron chi connectivity index (χ2n) is 6.11. The summed E-state index contributed by atoms with van der Waals surface area (Å²) in [5.74, 6) is 0.564. The highest BCUT2D eigenvalue weighted by atomic mass is 32.2. The summed E-state index contributed by atoms with van der Waals surface area (Å²) in [5.41, 5.74) is 0. The normalized spacial score (nSPS) is 16.2. The molecule has 1 fully saturated rings. The van der Waals surface area contributed by atoms with Crippen LogP contribution in [0.4, 0.5) is 0 Å². The van der Waals surface area contributed by atoms with Gasteiger partial charge in [-0.3, -0.25) is 9.78 Å². The van der Waals surface area contributed by atoms with Gasteiger partial charge < -0.3 is 4.90 Å². The minimum absolute atomic E-state index is 0.0236. The molecule has 6 nitrogen and oxygen atoms in total. The van der Waals surface area contributed by atoms with E-state index in [1.165, 1.54) is 50.6 Å². The van der Waals surface area contributed by atoms with E-state index < -0.39 is 10.0 Å². The number of aromatic nitrogens is 1. The van der Waals surface area contributed by atoms with Gasteiger partial charge in [-0.25, -0.2) is 13.1 Å². The number of hydrogen-bond donors (Lipinski definition) is 1. The van der Waals surface area contributed by atoms with Gasteiger partial charge >= 0.3 is 0 Å². The zero-order chi connectivity index (χ0) is 16.7. The van der Waals surface area contributed by atoms with Crippen LogP contribution in [-0.2, 0) is 14.8 Å². The largest absolute Gasteiger partial charge is 0.345 e. The summed E-state index contributed by atoms with van der Waals surface area (Å²) < 4.78 is 26.5. The van der Waals surface area contributed by atoms with E-state index in [2.05, 4.69) is 9.71 Å². The number of amides is 1. The van der Waals surface area contributed by atoms with Crippen molar-refractivity contribution in [1.29, 1.82) is 0 Å². The van der Waals surface area contributed by atoms with Crippen LogP contribution in [0.3, 0.4) is 0 Å². The molecular formula is C16H25N3O3S. The van der Waals surface area contributed by atoms with Gasteiger partial charge in [0.15, 0.2) is 0 Å². The molecule has 1 aliphatic rings. The summed E-state index contributed by atoms with van der Waals surface area (Å²) in [6.07, 6.45) is 9.14. The van der Waals surface area contributed by atoms with E-state index in [1.54, 1.807) is 18.0 Å². The van der Waals surface area contributed by atoms with Gasteiger partial charge in [-0.1, -0.05) is 19.3 Å². The van der Waals surface area contributed by atoms with Gasteiger partial charge in [-0.2, -0.15) is 0 Å². The van der Waals surface area contributed by atoms with Crippen molar-refractivity contribution in [1.82, 2.24) is 14.6 Å². The van der Waals surface area contributed by atoms with Crippen molar-refractivity contribution in [2.24, 2.45) is 5.92 Å². The van der Waals surface area contributed by atoms with Crippen molar-refractivity contribution >= 4 is 15.9 Å². The molecule has 1 N–H and O–H groups in total. The number of nitrogens with one attached hydrogen (secondary N) is 1. The standard InChI is InChI=1S/C16H25N3O3S/c1-19(13-14-6-3-2-4-7-14)16(20)9-11-18-23(21,22)15-8-5-10-17-12-15/h5,8,10,12,14,18H,2-4,6-7,9,11,13H2,1H3. The molecule has 2 rings (SSSR count). The fraction of sp³-hybridized carbons (Fsp3) is 0.625. The number of carbonyl (C=O) groups is 1. The Kier molecular flexibility index (Phi) is 6.53. The van der Waals surface area contributed by atoms with E-state index >= 15 is 0 Å². The minimum Gasteiger partial charge on any atom is -0.345 e. The van der Waals surface area contributed by atoms with Gasteiger partial charge in [0.05, 0.1) is 0 Å². The van der Waals surface area contributed by atoms with Crippen molar-refractivity contribution in [3.8, 4) is 0 Å². The van der Waals surface area contributed by atoms with Gasteiger partial charge in [0.1, 0.15) is 4.90 Å². The lowest BCUT2D eigenvalue weighted by Gasteiger charge is -2.27.